The summed E-state index contributed by atoms with van der Waals surface area (Å²) in [7, 11) is -5.50. The minimum absolute atomic E-state index is 0. The van der Waals surface area contributed by atoms with E-state index < -0.39 is 21.7 Å². The molecule has 0 unspecified atom stereocenters. The molecule has 0 spiro atoms. The van der Waals surface area contributed by atoms with Gasteiger partial charge in [0.2, 0.25) is 0 Å². The van der Waals surface area contributed by atoms with Crippen molar-refractivity contribution < 1.29 is 56.9 Å². The molecule has 0 saturated heterocycles. The third kappa shape index (κ3) is 5.01. The summed E-state index contributed by atoms with van der Waals surface area (Å²) in [5.74, 6) is 0. The Morgan fingerprint density at radius 2 is 1.57 bits per heavy atom. The first-order chi connectivity index (χ1) is 5.74. The van der Waals surface area contributed by atoms with E-state index in [2.05, 4.69) is 18.0 Å². The second-order valence-corrected chi connectivity index (χ2v) is 3.76. The van der Waals surface area contributed by atoms with E-state index in [-0.39, 0.29) is 44.0 Å². The van der Waals surface area contributed by atoms with E-state index in [1.807, 2.05) is 0 Å². The van der Waals surface area contributed by atoms with Crippen LogP contribution in [0.15, 0.2) is 0 Å². The van der Waals surface area contributed by atoms with Crippen molar-refractivity contribution in [1.82, 2.24) is 0 Å². The Labute approximate surface area is 105 Å². The summed E-state index contributed by atoms with van der Waals surface area (Å²) in [4.78, 5) is 0. The minimum Gasteiger partial charge on any atom is -0.341 e. The second-order valence-electron chi connectivity index (χ2n) is 2.20. The van der Waals surface area contributed by atoms with Gasteiger partial charge < -0.3 is 13.8 Å². The molecule has 0 saturated carbocycles. The molecule has 0 aliphatic carbocycles. The molecule has 0 aromatic heterocycles. The van der Waals surface area contributed by atoms with Crippen LogP contribution in [-0.2, 0) is 14.3 Å². The van der Waals surface area contributed by atoms with Crippen LogP contribution >= 0.6 is 0 Å². The van der Waals surface area contributed by atoms with Crippen molar-refractivity contribution in [2.24, 2.45) is 0 Å². The van der Waals surface area contributed by atoms with E-state index in [0.29, 0.717) is 0 Å². The predicted molar refractivity (Wildman–Crippen MR) is 39.8 cm³/mol. The summed E-state index contributed by atoms with van der Waals surface area (Å²) in [5, 5.41) is 0. The van der Waals surface area contributed by atoms with E-state index in [0.717, 1.165) is 0 Å². The molecule has 0 aliphatic heterocycles. The summed E-state index contributed by atoms with van der Waals surface area (Å²) in [5.41, 5.74) is -5.38. The largest absolute Gasteiger partial charge is 2.00 e. The molecule has 8 heteroatoms. The standard InChI is InChI=1S/C6H9F3O3S.U/c1-3-5(4-2)12-13(10,11)6(7,8)9;/h5H,1-4H2;/q-2;+2. The van der Waals surface area contributed by atoms with E-state index in [1.54, 1.807) is 0 Å². The monoisotopic (exact) mass is 456 g/mol. The predicted octanol–water partition coefficient (Wildman–Crippen LogP) is 1.67. The van der Waals surface area contributed by atoms with E-state index >= 15 is 0 Å². The zero-order valence-electron chi connectivity index (χ0n) is 7.17. The van der Waals surface area contributed by atoms with Crippen LogP contribution in [0.4, 0.5) is 13.2 Å². The molecule has 0 bridgehead atoms. The molecule has 0 aliphatic rings. The van der Waals surface area contributed by atoms with Gasteiger partial charge in [-0.15, -0.1) is 0 Å². The third-order valence-corrected chi connectivity index (χ3v) is 2.28. The molecule has 3 nitrogen and oxygen atoms in total. The SMILES string of the molecule is [CH2-]CC(C[CH2-])OS(=O)(=O)C(F)(F)F.[U+2]. The van der Waals surface area contributed by atoms with Gasteiger partial charge in [0, 0.05) is 6.10 Å². The van der Waals surface area contributed by atoms with Crippen molar-refractivity contribution in [1.29, 1.82) is 0 Å². The first-order valence-electron chi connectivity index (χ1n) is 3.32. The van der Waals surface area contributed by atoms with Gasteiger partial charge in [-0.1, -0.05) is 0 Å². The van der Waals surface area contributed by atoms with Gasteiger partial charge in [0.25, 0.3) is 0 Å². The van der Waals surface area contributed by atoms with Crippen LogP contribution in [0.25, 0.3) is 0 Å². The van der Waals surface area contributed by atoms with Crippen molar-refractivity contribution in [3.05, 3.63) is 13.8 Å². The smallest absolute Gasteiger partial charge is 0.341 e. The quantitative estimate of drug-likeness (QED) is 0.368. The summed E-state index contributed by atoms with van der Waals surface area (Å²) >= 11 is 0. The molecule has 14 heavy (non-hydrogen) atoms. The Hall–Kier alpha value is 0.752. The van der Waals surface area contributed by atoms with Crippen LogP contribution in [0, 0.1) is 45.0 Å². The maximum absolute atomic E-state index is 11.7. The number of halogens is 3. The molecule has 0 fully saturated rings. The average molecular weight is 456 g/mol. The van der Waals surface area contributed by atoms with Gasteiger partial charge in [-0.3, -0.25) is 4.18 Å². The fourth-order valence-electron chi connectivity index (χ4n) is 0.474. The van der Waals surface area contributed by atoms with Gasteiger partial charge in [0.1, 0.15) is 0 Å². The Balaban J connectivity index is 0. The van der Waals surface area contributed by atoms with Gasteiger partial charge in [0.15, 0.2) is 0 Å². The van der Waals surface area contributed by atoms with Crippen molar-refractivity contribution in [2.75, 3.05) is 0 Å². The summed E-state index contributed by atoms with van der Waals surface area (Å²) in [6, 6.07) is 0. The molecule has 0 rings (SSSR count). The molecule has 0 heterocycles. The third-order valence-electron chi connectivity index (χ3n) is 1.19. The van der Waals surface area contributed by atoms with Crippen LogP contribution in [-0.4, -0.2) is 20.0 Å². The first-order valence-corrected chi connectivity index (χ1v) is 4.73. The first kappa shape index (κ1) is 17.2. The second kappa shape index (κ2) is 6.36. The van der Waals surface area contributed by atoms with Crippen LogP contribution in [0.2, 0.25) is 0 Å². The number of alkyl halides is 3. The van der Waals surface area contributed by atoms with Gasteiger partial charge >= 0.3 is 46.7 Å². The molecular formula is C6H9F3O3SU. The Bertz CT molecular complexity index is 246. The maximum Gasteiger partial charge on any atom is 2.00 e. The minimum atomic E-state index is -5.50. The van der Waals surface area contributed by atoms with Crippen molar-refractivity contribution in [3.63, 3.8) is 0 Å². The Morgan fingerprint density at radius 1 is 1.21 bits per heavy atom. The van der Waals surface area contributed by atoms with E-state index in [9.17, 15) is 21.6 Å². The molecule has 0 radical (unpaired) electrons. The van der Waals surface area contributed by atoms with Crippen LogP contribution in [0.1, 0.15) is 12.8 Å². The number of hydrogen-bond acceptors (Lipinski definition) is 3. The van der Waals surface area contributed by atoms with Crippen molar-refractivity contribution >= 4 is 10.1 Å². The zero-order valence-corrected chi connectivity index (χ0v) is 12.2. The van der Waals surface area contributed by atoms with Crippen LogP contribution in [0.5, 0.6) is 0 Å². The summed E-state index contributed by atoms with van der Waals surface area (Å²) in [6.45, 7) is 6.45. The molecule has 0 atom stereocenters. The summed E-state index contributed by atoms with van der Waals surface area (Å²) in [6.07, 6.45) is -1.29. The fourth-order valence-corrected chi connectivity index (χ4v) is 1.13. The normalized spacial score (nSPS) is 12.7. The Kier molecular flexibility index (Phi) is 7.79. The van der Waals surface area contributed by atoms with E-state index in [1.165, 1.54) is 0 Å². The molecule has 82 valence electrons. The van der Waals surface area contributed by atoms with Crippen molar-refractivity contribution in [2.45, 2.75) is 24.5 Å². The van der Waals surface area contributed by atoms with Crippen molar-refractivity contribution in [3.8, 4) is 0 Å². The molecular weight excluding hydrogens is 447 g/mol. The zero-order chi connectivity index (χ0) is 10.7. The average Bonchev–Trinajstić information content (AvgIpc) is 1.98. The molecule has 0 aromatic carbocycles. The topological polar surface area (TPSA) is 43.4 Å². The molecule has 0 N–H and O–H groups in total. The number of rotatable bonds is 4. The van der Waals surface area contributed by atoms with Gasteiger partial charge in [-0.2, -0.15) is 34.4 Å². The maximum atomic E-state index is 11.7. The van der Waals surface area contributed by atoms with E-state index in [4.69, 9.17) is 0 Å². The molecule has 0 amide bonds. The van der Waals surface area contributed by atoms with Gasteiger partial charge in [0.05, 0.1) is 0 Å². The van der Waals surface area contributed by atoms with Gasteiger partial charge in [-0.25, -0.2) is 0 Å². The number of hydrogen-bond donors (Lipinski definition) is 0. The fraction of sp³-hybridized carbons (Fsp3) is 0.667. The summed E-state index contributed by atoms with van der Waals surface area (Å²) < 4.78 is 59.7. The Morgan fingerprint density at radius 3 is 1.79 bits per heavy atom. The molecule has 0 aromatic rings. The van der Waals surface area contributed by atoms with Gasteiger partial charge in [-0.05, 0) is 0 Å². The van der Waals surface area contributed by atoms with Crippen LogP contribution in [0.3, 0.4) is 0 Å². The van der Waals surface area contributed by atoms with Crippen LogP contribution < -0.4 is 0 Å².